The molecule has 1 unspecified atom stereocenters. The Bertz CT molecular complexity index is 294. The Hall–Kier alpha value is -1.02. The molecule has 0 heterocycles. The first-order chi connectivity index (χ1) is 8.30. The third-order valence-corrected chi connectivity index (χ3v) is 3.12. The Morgan fingerprint density at radius 3 is 2.41 bits per heavy atom. The Kier molecular flexibility index (Phi) is 6.71. The molecule has 0 aliphatic heterocycles. The van der Waals surface area contributed by atoms with Gasteiger partial charge in [-0.3, -0.25) is 0 Å². The molecule has 1 atom stereocenters. The first kappa shape index (κ1) is 14.0. The van der Waals surface area contributed by atoms with E-state index in [1.807, 2.05) is 12.1 Å². The molecule has 0 aromatic heterocycles. The van der Waals surface area contributed by atoms with Crippen molar-refractivity contribution in [1.29, 1.82) is 0 Å². The average molecular weight is 235 g/mol. The maximum absolute atomic E-state index is 5.17. The maximum Gasteiger partial charge on any atom is 0.118 e. The van der Waals surface area contributed by atoms with E-state index in [9.17, 15) is 0 Å². The van der Waals surface area contributed by atoms with Crippen LogP contribution in [0.3, 0.4) is 0 Å². The first-order valence-corrected chi connectivity index (χ1v) is 6.63. The summed E-state index contributed by atoms with van der Waals surface area (Å²) in [6.07, 6.45) is 3.58. The van der Waals surface area contributed by atoms with Gasteiger partial charge >= 0.3 is 0 Å². The first-order valence-electron chi connectivity index (χ1n) is 6.63. The highest BCUT2D eigenvalue weighted by Gasteiger charge is 2.07. The zero-order chi connectivity index (χ0) is 12.5. The van der Waals surface area contributed by atoms with Crippen LogP contribution in [0.25, 0.3) is 0 Å². The molecule has 17 heavy (non-hydrogen) atoms. The number of ether oxygens (including phenoxy) is 1. The Morgan fingerprint density at radius 1 is 1.18 bits per heavy atom. The van der Waals surface area contributed by atoms with Gasteiger partial charge in [-0.1, -0.05) is 32.4 Å². The second kappa shape index (κ2) is 8.13. The van der Waals surface area contributed by atoms with Crippen LogP contribution < -0.4 is 10.1 Å². The van der Waals surface area contributed by atoms with Crippen LogP contribution in [0, 0.1) is 5.92 Å². The van der Waals surface area contributed by atoms with Gasteiger partial charge in [-0.2, -0.15) is 0 Å². The number of hydrogen-bond acceptors (Lipinski definition) is 2. The lowest BCUT2D eigenvalue weighted by atomic mass is 9.97. The zero-order valence-corrected chi connectivity index (χ0v) is 11.3. The summed E-state index contributed by atoms with van der Waals surface area (Å²) < 4.78 is 5.17. The normalized spacial score (nSPS) is 12.4. The third kappa shape index (κ3) is 5.22. The van der Waals surface area contributed by atoms with E-state index >= 15 is 0 Å². The van der Waals surface area contributed by atoms with E-state index < -0.39 is 0 Å². The van der Waals surface area contributed by atoms with Gasteiger partial charge < -0.3 is 10.1 Å². The van der Waals surface area contributed by atoms with Gasteiger partial charge in [0.15, 0.2) is 0 Å². The summed E-state index contributed by atoms with van der Waals surface area (Å²) in [6.45, 7) is 6.72. The van der Waals surface area contributed by atoms with Crippen molar-refractivity contribution in [2.75, 3.05) is 20.2 Å². The molecule has 0 radical (unpaired) electrons. The minimum Gasteiger partial charge on any atom is -0.497 e. The third-order valence-electron chi connectivity index (χ3n) is 3.12. The molecule has 0 bridgehead atoms. The van der Waals surface area contributed by atoms with Gasteiger partial charge in [-0.05, 0) is 49.5 Å². The molecular weight excluding hydrogens is 210 g/mol. The predicted octanol–water partition coefficient (Wildman–Crippen LogP) is 3.26. The Labute approximate surface area is 105 Å². The fraction of sp³-hybridized carbons (Fsp3) is 0.600. The summed E-state index contributed by atoms with van der Waals surface area (Å²) in [5, 5.41) is 3.50. The molecule has 2 heteroatoms. The van der Waals surface area contributed by atoms with Crippen LogP contribution in [0.1, 0.15) is 32.3 Å². The van der Waals surface area contributed by atoms with E-state index in [2.05, 4.69) is 31.3 Å². The van der Waals surface area contributed by atoms with Gasteiger partial charge in [0, 0.05) is 0 Å². The molecule has 1 aromatic carbocycles. The van der Waals surface area contributed by atoms with Crippen molar-refractivity contribution >= 4 is 0 Å². The Balaban J connectivity index is 2.43. The minimum atomic E-state index is 0.731. The second-order valence-electron chi connectivity index (χ2n) is 4.53. The van der Waals surface area contributed by atoms with Gasteiger partial charge in [0.25, 0.3) is 0 Å². The number of benzene rings is 1. The van der Waals surface area contributed by atoms with Crippen LogP contribution in [0.15, 0.2) is 24.3 Å². The average Bonchev–Trinajstić information content (AvgIpc) is 2.38. The summed E-state index contributed by atoms with van der Waals surface area (Å²) in [4.78, 5) is 0. The van der Waals surface area contributed by atoms with E-state index in [4.69, 9.17) is 4.74 Å². The van der Waals surface area contributed by atoms with Crippen LogP contribution in [-0.2, 0) is 6.42 Å². The van der Waals surface area contributed by atoms with Crippen molar-refractivity contribution in [2.45, 2.75) is 33.1 Å². The van der Waals surface area contributed by atoms with Crippen molar-refractivity contribution in [2.24, 2.45) is 5.92 Å². The molecule has 0 saturated heterocycles. The fourth-order valence-corrected chi connectivity index (χ4v) is 1.94. The van der Waals surface area contributed by atoms with Gasteiger partial charge in [-0.25, -0.2) is 0 Å². The van der Waals surface area contributed by atoms with Crippen molar-refractivity contribution in [3.63, 3.8) is 0 Å². The van der Waals surface area contributed by atoms with E-state index in [1.54, 1.807) is 7.11 Å². The van der Waals surface area contributed by atoms with Crippen molar-refractivity contribution in [3.8, 4) is 5.75 Å². The van der Waals surface area contributed by atoms with E-state index in [0.717, 1.165) is 31.2 Å². The molecule has 0 aliphatic carbocycles. The molecule has 0 fully saturated rings. The molecule has 0 aliphatic rings. The summed E-state index contributed by atoms with van der Waals surface area (Å²) >= 11 is 0. The lowest BCUT2D eigenvalue weighted by Gasteiger charge is -2.15. The van der Waals surface area contributed by atoms with Crippen LogP contribution in [-0.4, -0.2) is 20.2 Å². The molecule has 1 rings (SSSR count). The fourth-order valence-electron chi connectivity index (χ4n) is 1.94. The number of hydrogen-bond donors (Lipinski definition) is 1. The molecule has 1 N–H and O–H groups in total. The van der Waals surface area contributed by atoms with Crippen molar-refractivity contribution < 1.29 is 4.74 Å². The molecule has 1 aromatic rings. The van der Waals surface area contributed by atoms with Gasteiger partial charge in [0.2, 0.25) is 0 Å². The molecule has 0 saturated carbocycles. The second-order valence-corrected chi connectivity index (χ2v) is 4.53. The highest BCUT2D eigenvalue weighted by molar-refractivity contribution is 5.27. The van der Waals surface area contributed by atoms with E-state index in [-0.39, 0.29) is 0 Å². The van der Waals surface area contributed by atoms with Crippen molar-refractivity contribution in [3.05, 3.63) is 29.8 Å². The summed E-state index contributed by atoms with van der Waals surface area (Å²) in [7, 11) is 1.71. The highest BCUT2D eigenvalue weighted by atomic mass is 16.5. The van der Waals surface area contributed by atoms with Gasteiger partial charge in [0.05, 0.1) is 7.11 Å². The van der Waals surface area contributed by atoms with Gasteiger partial charge in [-0.15, -0.1) is 0 Å². The quantitative estimate of drug-likeness (QED) is 0.698. The van der Waals surface area contributed by atoms with Crippen LogP contribution in [0.2, 0.25) is 0 Å². The topological polar surface area (TPSA) is 21.3 Å². The lowest BCUT2D eigenvalue weighted by Crippen LogP contribution is -2.24. The smallest absolute Gasteiger partial charge is 0.118 e. The summed E-state index contributed by atoms with van der Waals surface area (Å²) in [6, 6.07) is 8.42. The summed E-state index contributed by atoms with van der Waals surface area (Å²) in [5.74, 6) is 1.67. The van der Waals surface area contributed by atoms with Crippen LogP contribution >= 0.6 is 0 Å². The molecule has 2 nitrogen and oxygen atoms in total. The van der Waals surface area contributed by atoms with Gasteiger partial charge in [0.1, 0.15) is 5.75 Å². The monoisotopic (exact) mass is 235 g/mol. The largest absolute Gasteiger partial charge is 0.497 e. The van der Waals surface area contributed by atoms with E-state index in [0.29, 0.717) is 0 Å². The molecule has 96 valence electrons. The maximum atomic E-state index is 5.17. The zero-order valence-electron chi connectivity index (χ0n) is 11.3. The van der Waals surface area contributed by atoms with Crippen LogP contribution in [0.5, 0.6) is 5.75 Å². The number of nitrogens with one attached hydrogen (secondary N) is 1. The molecule has 0 spiro atoms. The number of methoxy groups -OCH3 is 1. The van der Waals surface area contributed by atoms with Crippen molar-refractivity contribution in [1.82, 2.24) is 5.32 Å². The predicted molar refractivity (Wildman–Crippen MR) is 73.6 cm³/mol. The highest BCUT2D eigenvalue weighted by Crippen LogP contribution is 2.16. The summed E-state index contributed by atoms with van der Waals surface area (Å²) in [5.41, 5.74) is 1.40. The standard InChI is InChI=1S/C15H25NO/c1-4-10-16-12-13(5-2)11-14-6-8-15(17-3)9-7-14/h6-9,13,16H,4-5,10-12H2,1-3H3. The number of rotatable bonds is 8. The van der Waals surface area contributed by atoms with E-state index in [1.165, 1.54) is 18.4 Å². The lowest BCUT2D eigenvalue weighted by molar-refractivity contribution is 0.414. The van der Waals surface area contributed by atoms with Crippen LogP contribution in [0.4, 0.5) is 0 Å². The SMILES string of the molecule is CCCNCC(CC)Cc1ccc(OC)cc1. The molecular formula is C15H25NO. The Morgan fingerprint density at radius 2 is 1.88 bits per heavy atom. The molecule has 0 amide bonds. The minimum absolute atomic E-state index is 0.731.